The lowest BCUT2D eigenvalue weighted by atomic mass is 10.1. The van der Waals surface area contributed by atoms with Crippen LogP contribution in [0.2, 0.25) is 0 Å². The number of hydrogen-bond donors (Lipinski definition) is 0. The van der Waals surface area contributed by atoms with E-state index in [1.54, 1.807) is 49.4 Å². The number of fused-ring (bicyclic) bond motifs is 1. The molecular formula is C19H16N2O4. The lowest BCUT2D eigenvalue weighted by Crippen LogP contribution is -2.37. The van der Waals surface area contributed by atoms with Crippen molar-refractivity contribution in [2.75, 3.05) is 0 Å². The number of hydrogen-bond acceptors (Lipinski definition) is 5. The van der Waals surface area contributed by atoms with Crippen LogP contribution in [0.25, 0.3) is 11.0 Å². The van der Waals surface area contributed by atoms with Crippen LogP contribution in [0.1, 0.15) is 39.0 Å². The molecule has 25 heavy (non-hydrogen) atoms. The van der Waals surface area contributed by atoms with E-state index in [-0.39, 0.29) is 18.0 Å². The summed E-state index contributed by atoms with van der Waals surface area (Å²) in [6.45, 7) is 2.83. The van der Waals surface area contributed by atoms with Gasteiger partial charge in [-0.3, -0.25) is 4.79 Å². The van der Waals surface area contributed by atoms with E-state index >= 15 is 0 Å². The van der Waals surface area contributed by atoms with Crippen LogP contribution in [0.5, 0.6) is 0 Å². The summed E-state index contributed by atoms with van der Waals surface area (Å²) in [6.07, 6.45) is 0. The minimum Gasteiger partial charge on any atom is -0.618 e. The number of ether oxygens (including phenoxy) is 1. The first kappa shape index (κ1) is 16.6. The lowest BCUT2D eigenvalue weighted by Gasteiger charge is -2.11. The molecule has 0 N–H and O–H groups in total. The van der Waals surface area contributed by atoms with Gasteiger partial charge in [0.1, 0.15) is 12.1 Å². The zero-order valence-electron chi connectivity index (χ0n) is 13.9. The van der Waals surface area contributed by atoms with Crippen LogP contribution in [-0.4, -0.2) is 16.7 Å². The zero-order chi connectivity index (χ0) is 18.0. The van der Waals surface area contributed by atoms with E-state index in [9.17, 15) is 14.8 Å². The van der Waals surface area contributed by atoms with Crippen molar-refractivity contribution in [3.8, 4) is 0 Å². The van der Waals surface area contributed by atoms with Crippen molar-refractivity contribution in [1.82, 2.24) is 4.98 Å². The van der Waals surface area contributed by atoms with Crippen molar-refractivity contribution in [1.29, 1.82) is 0 Å². The molecule has 0 saturated carbocycles. The number of para-hydroxylation sites is 2. The number of esters is 1. The molecule has 1 aromatic heterocycles. The molecule has 0 unspecified atom stereocenters. The SMILES string of the molecule is CC(=O)c1c(COC(=O)c2ccccc2C)nc2ccccc2[n+]1[O-]. The van der Waals surface area contributed by atoms with Gasteiger partial charge >= 0.3 is 5.97 Å². The number of rotatable bonds is 4. The molecule has 0 fully saturated rings. The Bertz CT molecular complexity index is 982. The molecule has 3 aromatic rings. The fourth-order valence-electron chi connectivity index (χ4n) is 2.63. The largest absolute Gasteiger partial charge is 0.618 e. The van der Waals surface area contributed by atoms with E-state index in [2.05, 4.69) is 4.98 Å². The summed E-state index contributed by atoms with van der Waals surface area (Å²) in [5, 5.41) is 12.5. The quantitative estimate of drug-likeness (QED) is 0.317. The third-order valence-electron chi connectivity index (χ3n) is 3.87. The summed E-state index contributed by atoms with van der Waals surface area (Å²) >= 11 is 0. The summed E-state index contributed by atoms with van der Waals surface area (Å²) in [6, 6.07) is 13.7. The highest BCUT2D eigenvalue weighted by atomic mass is 16.5. The molecule has 0 spiro atoms. The Balaban J connectivity index is 1.96. The van der Waals surface area contributed by atoms with Gasteiger partial charge in [-0.2, -0.15) is 4.73 Å². The Morgan fingerprint density at radius 3 is 2.52 bits per heavy atom. The molecule has 0 radical (unpaired) electrons. The molecule has 0 saturated heterocycles. The highest BCUT2D eigenvalue weighted by Crippen LogP contribution is 2.14. The van der Waals surface area contributed by atoms with Gasteiger partial charge in [0.05, 0.1) is 5.56 Å². The van der Waals surface area contributed by atoms with Crippen molar-refractivity contribution in [3.05, 3.63) is 76.3 Å². The molecule has 0 aliphatic heterocycles. The van der Waals surface area contributed by atoms with Crippen molar-refractivity contribution >= 4 is 22.8 Å². The van der Waals surface area contributed by atoms with Gasteiger partial charge in [0.15, 0.2) is 5.69 Å². The van der Waals surface area contributed by atoms with E-state index in [4.69, 9.17) is 4.74 Å². The van der Waals surface area contributed by atoms with Gasteiger partial charge in [-0.15, -0.1) is 0 Å². The Morgan fingerprint density at radius 2 is 1.80 bits per heavy atom. The van der Waals surface area contributed by atoms with E-state index in [1.807, 2.05) is 6.07 Å². The zero-order valence-corrected chi connectivity index (χ0v) is 13.9. The van der Waals surface area contributed by atoms with E-state index in [1.165, 1.54) is 6.92 Å². The fraction of sp³-hybridized carbons (Fsp3) is 0.158. The van der Waals surface area contributed by atoms with Crippen LogP contribution in [0.15, 0.2) is 48.5 Å². The van der Waals surface area contributed by atoms with Gasteiger partial charge in [-0.1, -0.05) is 30.3 Å². The molecule has 2 aromatic carbocycles. The van der Waals surface area contributed by atoms with Gasteiger partial charge in [-0.05, 0) is 24.6 Å². The van der Waals surface area contributed by atoms with Crippen LogP contribution in [-0.2, 0) is 11.3 Å². The van der Waals surface area contributed by atoms with E-state index < -0.39 is 11.8 Å². The van der Waals surface area contributed by atoms with Crippen molar-refractivity contribution in [3.63, 3.8) is 0 Å². The normalized spacial score (nSPS) is 10.6. The van der Waals surface area contributed by atoms with Gasteiger partial charge in [0, 0.05) is 13.0 Å². The maximum Gasteiger partial charge on any atom is 0.338 e. The molecule has 126 valence electrons. The molecule has 0 aliphatic carbocycles. The molecule has 6 nitrogen and oxygen atoms in total. The standard InChI is InChI=1S/C19H16N2O4/c1-12-7-3-4-8-14(12)19(23)25-11-16-18(13(2)22)21(24)17-10-6-5-9-15(17)20-16/h3-10H,11H2,1-2H3. The van der Waals surface area contributed by atoms with Crippen LogP contribution < -0.4 is 4.73 Å². The maximum atomic E-state index is 12.5. The number of nitrogens with zero attached hydrogens (tertiary/aromatic N) is 2. The number of aromatic nitrogens is 2. The lowest BCUT2D eigenvalue weighted by molar-refractivity contribution is -0.580. The summed E-state index contributed by atoms with van der Waals surface area (Å²) in [7, 11) is 0. The number of carbonyl (C=O) groups is 2. The summed E-state index contributed by atoms with van der Waals surface area (Å²) in [5.41, 5.74) is 1.97. The second-order valence-corrected chi connectivity index (χ2v) is 5.64. The average Bonchev–Trinajstić information content (AvgIpc) is 2.60. The summed E-state index contributed by atoms with van der Waals surface area (Å²) < 4.78 is 5.83. The molecule has 0 amide bonds. The van der Waals surface area contributed by atoms with Gasteiger partial charge in [-0.25, -0.2) is 9.78 Å². The summed E-state index contributed by atoms with van der Waals surface area (Å²) in [5.74, 6) is -0.963. The number of Topliss-reactive ketones (excluding diaryl/α,β-unsaturated/α-hetero) is 1. The number of aryl methyl sites for hydroxylation is 1. The minimum atomic E-state index is -0.528. The van der Waals surface area contributed by atoms with Crippen LogP contribution in [0.3, 0.4) is 0 Å². The molecule has 0 aliphatic rings. The van der Waals surface area contributed by atoms with Gasteiger partial charge in [0.25, 0.3) is 5.69 Å². The topological polar surface area (TPSA) is 83.2 Å². The van der Waals surface area contributed by atoms with Crippen molar-refractivity contribution in [2.45, 2.75) is 20.5 Å². The smallest absolute Gasteiger partial charge is 0.338 e. The molecule has 1 heterocycles. The highest BCUT2D eigenvalue weighted by Gasteiger charge is 2.24. The first-order valence-corrected chi connectivity index (χ1v) is 7.74. The van der Waals surface area contributed by atoms with Gasteiger partial charge in [0.2, 0.25) is 11.3 Å². The number of carbonyl (C=O) groups excluding carboxylic acids is 2. The predicted octanol–water partition coefficient (Wildman–Crippen LogP) is 2.74. The third kappa shape index (κ3) is 3.19. The molecule has 0 atom stereocenters. The monoisotopic (exact) mass is 336 g/mol. The van der Waals surface area contributed by atoms with Crippen LogP contribution >= 0.6 is 0 Å². The molecule has 3 rings (SSSR count). The first-order chi connectivity index (χ1) is 12.0. The number of ketones is 1. The van der Waals surface area contributed by atoms with Crippen molar-refractivity contribution in [2.24, 2.45) is 0 Å². The second kappa shape index (κ2) is 6.68. The van der Waals surface area contributed by atoms with E-state index in [0.29, 0.717) is 21.3 Å². The van der Waals surface area contributed by atoms with Crippen molar-refractivity contribution < 1.29 is 19.1 Å². The molecule has 6 heteroatoms. The highest BCUT2D eigenvalue weighted by molar-refractivity contribution is 5.93. The Labute approximate surface area is 144 Å². The molecule has 0 bridgehead atoms. The first-order valence-electron chi connectivity index (χ1n) is 7.74. The summed E-state index contributed by atoms with van der Waals surface area (Å²) in [4.78, 5) is 28.5. The second-order valence-electron chi connectivity index (χ2n) is 5.64. The Morgan fingerprint density at radius 1 is 1.12 bits per heavy atom. The van der Waals surface area contributed by atoms with Crippen LogP contribution in [0, 0.1) is 12.1 Å². The number of benzene rings is 2. The predicted molar refractivity (Wildman–Crippen MR) is 91.0 cm³/mol. The van der Waals surface area contributed by atoms with Gasteiger partial charge < -0.3 is 9.94 Å². The fourth-order valence-corrected chi connectivity index (χ4v) is 2.63. The Hall–Kier alpha value is -3.28. The Kier molecular flexibility index (Phi) is 4.43. The van der Waals surface area contributed by atoms with E-state index in [0.717, 1.165) is 5.56 Å². The molecular weight excluding hydrogens is 320 g/mol. The van der Waals surface area contributed by atoms with Crippen LogP contribution in [0.4, 0.5) is 0 Å². The minimum absolute atomic E-state index is 0.115. The average molecular weight is 336 g/mol. The maximum absolute atomic E-state index is 12.5. The third-order valence-corrected chi connectivity index (χ3v) is 3.87.